The van der Waals surface area contributed by atoms with Gasteiger partial charge in [0.1, 0.15) is 0 Å². The van der Waals surface area contributed by atoms with E-state index in [-0.39, 0.29) is 29.6 Å². The summed E-state index contributed by atoms with van der Waals surface area (Å²) in [6.07, 6.45) is 0.720. The smallest absolute Gasteiger partial charge is 0.253 e. The van der Waals surface area contributed by atoms with Crippen LogP contribution in [-0.2, 0) is 4.79 Å². The third-order valence-electron chi connectivity index (χ3n) is 4.76. The van der Waals surface area contributed by atoms with E-state index in [0.717, 1.165) is 0 Å². The van der Waals surface area contributed by atoms with E-state index in [1.165, 1.54) is 0 Å². The van der Waals surface area contributed by atoms with Crippen LogP contribution in [0.1, 0.15) is 23.2 Å². The van der Waals surface area contributed by atoms with E-state index < -0.39 is 6.10 Å². The zero-order chi connectivity index (χ0) is 15.0. The Morgan fingerprint density at radius 2 is 1.67 bits per heavy atom. The van der Waals surface area contributed by atoms with Crippen LogP contribution in [0.4, 0.5) is 0 Å². The Labute approximate surface area is 123 Å². The fourth-order valence-corrected chi connectivity index (χ4v) is 3.66. The molecule has 112 valence electrons. The summed E-state index contributed by atoms with van der Waals surface area (Å²) in [5.41, 5.74) is 6.07. The lowest BCUT2D eigenvalue weighted by atomic mass is 9.70. The molecule has 2 fully saturated rings. The number of nitrogens with two attached hydrogens (primary N) is 1. The van der Waals surface area contributed by atoms with Crippen molar-refractivity contribution in [2.24, 2.45) is 23.5 Å². The number of aliphatic hydroxyl groups excluding tert-OH is 1. The maximum absolute atomic E-state index is 12.5. The van der Waals surface area contributed by atoms with Crippen molar-refractivity contribution < 1.29 is 14.7 Å². The van der Waals surface area contributed by atoms with Crippen molar-refractivity contribution in [1.29, 1.82) is 0 Å². The van der Waals surface area contributed by atoms with Gasteiger partial charge >= 0.3 is 0 Å². The van der Waals surface area contributed by atoms with Crippen molar-refractivity contribution >= 4 is 11.8 Å². The summed E-state index contributed by atoms with van der Waals surface area (Å²) in [6.45, 7) is 0.990. The lowest BCUT2D eigenvalue weighted by Crippen LogP contribution is -2.56. The highest BCUT2D eigenvalue weighted by atomic mass is 16.3. The molecule has 1 saturated carbocycles. The summed E-state index contributed by atoms with van der Waals surface area (Å²) >= 11 is 0. The van der Waals surface area contributed by atoms with Gasteiger partial charge in [-0.15, -0.1) is 0 Å². The van der Waals surface area contributed by atoms with E-state index in [1.54, 1.807) is 17.0 Å². The topological polar surface area (TPSA) is 83.6 Å². The second kappa shape index (κ2) is 5.48. The van der Waals surface area contributed by atoms with Gasteiger partial charge in [0.05, 0.1) is 6.10 Å². The van der Waals surface area contributed by atoms with Crippen LogP contribution in [0.5, 0.6) is 0 Å². The van der Waals surface area contributed by atoms with Gasteiger partial charge in [-0.2, -0.15) is 0 Å². The van der Waals surface area contributed by atoms with Crippen LogP contribution in [0.3, 0.4) is 0 Å². The summed E-state index contributed by atoms with van der Waals surface area (Å²) in [7, 11) is 0. The highest BCUT2D eigenvalue weighted by Gasteiger charge is 2.44. The molecule has 1 aliphatic heterocycles. The molecule has 3 rings (SSSR count). The fourth-order valence-electron chi connectivity index (χ4n) is 3.66. The number of likely N-dealkylation sites (tertiary alicyclic amines) is 1. The number of hydrogen-bond donors (Lipinski definition) is 2. The predicted octanol–water partition coefficient (Wildman–Crippen LogP) is 0.631. The third kappa shape index (κ3) is 2.65. The van der Waals surface area contributed by atoms with Gasteiger partial charge in [0.15, 0.2) is 0 Å². The van der Waals surface area contributed by atoms with Crippen LogP contribution in [-0.4, -0.2) is 41.0 Å². The number of carbonyl (C=O) groups is 2. The average molecular weight is 288 g/mol. The molecule has 1 saturated heterocycles. The summed E-state index contributed by atoms with van der Waals surface area (Å²) < 4.78 is 0. The molecule has 0 radical (unpaired) electrons. The van der Waals surface area contributed by atoms with E-state index in [4.69, 9.17) is 5.73 Å². The minimum Gasteiger partial charge on any atom is -0.392 e. The van der Waals surface area contributed by atoms with E-state index in [9.17, 15) is 14.7 Å². The molecule has 2 aliphatic rings. The summed E-state index contributed by atoms with van der Waals surface area (Å²) in [6, 6.07) is 9.17. The zero-order valence-electron chi connectivity index (χ0n) is 11.8. The Balaban J connectivity index is 1.75. The van der Waals surface area contributed by atoms with Crippen LogP contribution >= 0.6 is 0 Å². The number of hydrogen-bond acceptors (Lipinski definition) is 3. The Bertz CT molecular complexity index is 530. The first-order chi connectivity index (χ1) is 10.1. The number of fused-ring (bicyclic) bond motifs is 2. The van der Waals surface area contributed by atoms with Gasteiger partial charge in [0.25, 0.3) is 5.91 Å². The molecular weight excluding hydrogens is 268 g/mol. The normalized spacial score (nSPS) is 31.8. The number of rotatable bonds is 2. The molecule has 2 atom stereocenters. The van der Waals surface area contributed by atoms with Crippen molar-refractivity contribution in [3.05, 3.63) is 35.9 Å². The van der Waals surface area contributed by atoms with Crippen molar-refractivity contribution in [2.45, 2.75) is 18.9 Å². The molecular formula is C16H20N2O3. The maximum Gasteiger partial charge on any atom is 0.253 e. The largest absolute Gasteiger partial charge is 0.392 e. The SMILES string of the molecule is NC(=O)C1CC2CN(C(=O)c3ccccc3)CC(C1)C2O. The monoisotopic (exact) mass is 288 g/mol. The minimum atomic E-state index is -0.430. The molecule has 1 aliphatic carbocycles. The molecule has 2 unspecified atom stereocenters. The Hall–Kier alpha value is -1.88. The lowest BCUT2D eigenvalue weighted by Gasteiger charge is -2.47. The van der Waals surface area contributed by atoms with Gasteiger partial charge in [-0.05, 0) is 25.0 Å². The summed E-state index contributed by atoms with van der Waals surface area (Å²) in [5.74, 6) is -0.572. The summed E-state index contributed by atoms with van der Waals surface area (Å²) in [5, 5.41) is 10.3. The molecule has 21 heavy (non-hydrogen) atoms. The number of aliphatic hydroxyl groups is 1. The zero-order valence-corrected chi connectivity index (χ0v) is 11.8. The van der Waals surface area contributed by atoms with Crippen molar-refractivity contribution in [2.75, 3.05) is 13.1 Å². The molecule has 5 nitrogen and oxygen atoms in total. The van der Waals surface area contributed by atoms with Gasteiger partial charge in [-0.3, -0.25) is 9.59 Å². The van der Waals surface area contributed by atoms with Crippen molar-refractivity contribution in [3.8, 4) is 0 Å². The highest BCUT2D eigenvalue weighted by Crippen LogP contribution is 2.38. The first kappa shape index (κ1) is 14.1. The van der Waals surface area contributed by atoms with Gasteiger partial charge in [0.2, 0.25) is 5.91 Å². The van der Waals surface area contributed by atoms with Crippen molar-refractivity contribution in [1.82, 2.24) is 4.90 Å². The van der Waals surface area contributed by atoms with E-state index in [0.29, 0.717) is 31.5 Å². The second-order valence-corrected chi connectivity index (χ2v) is 6.16. The Kier molecular flexibility index (Phi) is 3.68. The minimum absolute atomic E-state index is 0.00461. The second-order valence-electron chi connectivity index (χ2n) is 6.16. The fraction of sp³-hybridized carbons (Fsp3) is 0.500. The predicted molar refractivity (Wildman–Crippen MR) is 77.3 cm³/mol. The number of amides is 2. The van der Waals surface area contributed by atoms with Crippen LogP contribution in [0.2, 0.25) is 0 Å². The number of primary amides is 1. The molecule has 3 N–H and O–H groups in total. The first-order valence-corrected chi connectivity index (χ1v) is 7.38. The van der Waals surface area contributed by atoms with Gasteiger partial charge in [0, 0.05) is 36.4 Å². The standard InChI is InChI=1S/C16H20N2O3/c17-15(20)11-6-12-8-18(9-13(7-11)14(12)19)16(21)10-4-2-1-3-5-10/h1-5,11-14,19H,6-9H2,(H2,17,20). The molecule has 0 aromatic heterocycles. The van der Waals surface area contributed by atoms with Gasteiger partial charge in [-0.25, -0.2) is 0 Å². The molecule has 1 aromatic carbocycles. The Morgan fingerprint density at radius 1 is 1.10 bits per heavy atom. The number of nitrogens with zero attached hydrogens (tertiary/aromatic N) is 1. The van der Waals surface area contributed by atoms with E-state index in [2.05, 4.69) is 0 Å². The van der Waals surface area contributed by atoms with Crippen LogP contribution < -0.4 is 5.73 Å². The lowest BCUT2D eigenvalue weighted by molar-refractivity contribution is -0.128. The van der Waals surface area contributed by atoms with Crippen molar-refractivity contribution in [3.63, 3.8) is 0 Å². The number of carbonyl (C=O) groups excluding carboxylic acids is 2. The average Bonchev–Trinajstić information content (AvgIpc) is 2.47. The van der Waals surface area contributed by atoms with Crippen LogP contribution in [0.25, 0.3) is 0 Å². The molecule has 1 heterocycles. The summed E-state index contributed by atoms with van der Waals surface area (Å²) in [4.78, 5) is 25.7. The number of piperidine rings is 1. The molecule has 2 bridgehead atoms. The molecule has 2 amide bonds. The third-order valence-corrected chi connectivity index (χ3v) is 4.76. The molecule has 0 spiro atoms. The molecule has 1 aromatic rings. The Morgan fingerprint density at radius 3 is 2.19 bits per heavy atom. The van der Waals surface area contributed by atoms with Crippen LogP contribution in [0, 0.1) is 17.8 Å². The quantitative estimate of drug-likeness (QED) is 0.837. The first-order valence-electron chi connectivity index (χ1n) is 7.38. The van der Waals surface area contributed by atoms with E-state index in [1.807, 2.05) is 18.2 Å². The van der Waals surface area contributed by atoms with Gasteiger partial charge < -0.3 is 15.7 Å². The number of benzene rings is 1. The van der Waals surface area contributed by atoms with Gasteiger partial charge in [-0.1, -0.05) is 18.2 Å². The van der Waals surface area contributed by atoms with E-state index >= 15 is 0 Å². The maximum atomic E-state index is 12.5. The van der Waals surface area contributed by atoms with Crippen LogP contribution in [0.15, 0.2) is 30.3 Å². The highest BCUT2D eigenvalue weighted by molar-refractivity contribution is 5.94. The molecule has 5 heteroatoms.